The van der Waals surface area contributed by atoms with Crippen molar-refractivity contribution in [3.05, 3.63) is 27.7 Å². The third-order valence-corrected chi connectivity index (χ3v) is 3.13. The van der Waals surface area contributed by atoms with Crippen LogP contribution in [0.1, 0.15) is 0 Å². The molecular formula is C10H10BrClN2O4. The second-order valence-electron chi connectivity index (χ2n) is 3.32. The number of aliphatic carboxylic acids is 1. The number of anilines is 1. The number of nitrogens with one attached hydrogen (secondary N) is 2. The molecular weight excluding hydrogens is 327 g/mol. The molecule has 8 heteroatoms. The van der Waals surface area contributed by atoms with Crippen LogP contribution in [0.4, 0.5) is 10.5 Å². The van der Waals surface area contributed by atoms with E-state index in [9.17, 15) is 9.59 Å². The van der Waals surface area contributed by atoms with Gasteiger partial charge in [-0.3, -0.25) is 0 Å². The third-order valence-electron chi connectivity index (χ3n) is 1.92. The zero-order valence-corrected chi connectivity index (χ0v) is 11.3. The molecule has 6 nitrogen and oxygen atoms in total. The summed E-state index contributed by atoms with van der Waals surface area (Å²) in [5, 5.41) is 22.5. The first-order valence-corrected chi connectivity index (χ1v) is 5.98. The van der Waals surface area contributed by atoms with Crippen LogP contribution < -0.4 is 10.6 Å². The fourth-order valence-electron chi connectivity index (χ4n) is 1.03. The van der Waals surface area contributed by atoms with Gasteiger partial charge in [0.1, 0.15) is 0 Å². The Bertz CT molecular complexity index is 469. The van der Waals surface area contributed by atoms with Crippen LogP contribution in [-0.2, 0) is 4.79 Å². The number of halogens is 2. The second kappa shape index (κ2) is 6.58. The quantitative estimate of drug-likeness (QED) is 0.671. The molecule has 0 saturated heterocycles. The van der Waals surface area contributed by atoms with Gasteiger partial charge in [0.2, 0.25) is 0 Å². The molecule has 0 aliphatic heterocycles. The van der Waals surface area contributed by atoms with Crippen LogP contribution in [0.15, 0.2) is 22.7 Å². The average Bonchev–Trinajstić information content (AvgIpc) is 2.30. The maximum Gasteiger partial charge on any atom is 0.334 e. The normalized spacial score (nSPS) is 11.7. The molecule has 4 N–H and O–H groups in total. The van der Waals surface area contributed by atoms with Crippen molar-refractivity contribution in [2.75, 3.05) is 11.9 Å². The van der Waals surface area contributed by atoms with E-state index in [2.05, 4.69) is 26.6 Å². The van der Waals surface area contributed by atoms with Gasteiger partial charge in [-0.2, -0.15) is 0 Å². The highest BCUT2D eigenvalue weighted by Gasteiger charge is 2.14. The highest BCUT2D eigenvalue weighted by molar-refractivity contribution is 9.10. The van der Waals surface area contributed by atoms with Gasteiger partial charge in [-0.1, -0.05) is 11.6 Å². The molecule has 0 radical (unpaired) electrons. The summed E-state index contributed by atoms with van der Waals surface area (Å²) in [7, 11) is 0. The number of rotatable bonds is 4. The first-order chi connectivity index (χ1) is 8.40. The lowest BCUT2D eigenvalue weighted by molar-refractivity contribution is -0.146. The maximum absolute atomic E-state index is 11.4. The van der Waals surface area contributed by atoms with Crippen LogP contribution >= 0.6 is 27.5 Å². The van der Waals surface area contributed by atoms with E-state index in [4.69, 9.17) is 21.8 Å². The maximum atomic E-state index is 11.4. The number of carboxylic acids is 1. The second-order valence-corrected chi connectivity index (χ2v) is 4.58. The van der Waals surface area contributed by atoms with Crippen LogP contribution in [-0.4, -0.2) is 34.9 Å². The van der Waals surface area contributed by atoms with Crippen LogP contribution in [0.25, 0.3) is 0 Å². The SMILES string of the molecule is O=C(NC[C@H](O)C(=O)O)Nc1ccc(Cl)c(Br)c1. The Morgan fingerprint density at radius 3 is 2.67 bits per heavy atom. The number of benzene rings is 1. The van der Waals surface area contributed by atoms with Gasteiger partial charge in [0.25, 0.3) is 0 Å². The Morgan fingerprint density at radius 2 is 2.11 bits per heavy atom. The topological polar surface area (TPSA) is 98.7 Å². The number of hydrogen-bond acceptors (Lipinski definition) is 3. The third kappa shape index (κ3) is 4.52. The fraction of sp³-hybridized carbons (Fsp3) is 0.200. The van der Waals surface area contributed by atoms with E-state index in [1.54, 1.807) is 18.2 Å². The first kappa shape index (κ1) is 14.7. The summed E-state index contributed by atoms with van der Waals surface area (Å²) in [6.45, 7) is -0.379. The zero-order chi connectivity index (χ0) is 13.7. The number of carbonyl (C=O) groups excluding carboxylic acids is 1. The van der Waals surface area contributed by atoms with Gasteiger partial charge in [0, 0.05) is 10.2 Å². The first-order valence-electron chi connectivity index (χ1n) is 4.81. The molecule has 1 aromatic rings. The predicted molar refractivity (Wildman–Crippen MR) is 69.8 cm³/mol. The van der Waals surface area contributed by atoms with E-state index in [1.807, 2.05) is 0 Å². The van der Waals surface area contributed by atoms with E-state index in [0.717, 1.165) is 0 Å². The van der Waals surface area contributed by atoms with E-state index >= 15 is 0 Å². The molecule has 0 spiro atoms. The van der Waals surface area contributed by atoms with Crippen molar-refractivity contribution in [1.82, 2.24) is 5.32 Å². The van der Waals surface area contributed by atoms with Crippen molar-refractivity contribution in [2.24, 2.45) is 0 Å². The van der Waals surface area contributed by atoms with Crippen molar-refractivity contribution in [3.8, 4) is 0 Å². The molecule has 0 bridgehead atoms. The van der Waals surface area contributed by atoms with Crippen molar-refractivity contribution >= 4 is 45.2 Å². The molecule has 1 aromatic carbocycles. The minimum absolute atomic E-state index is 0.379. The lowest BCUT2D eigenvalue weighted by atomic mass is 10.3. The summed E-state index contributed by atoms with van der Waals surface area (Å²) in [5.74, 6) is -1.40. The summed E-state index contributed by atoms with van der Waals surface area (Å²) in [5.41, 5.74) is 0.480. The molecule has 2 amide bonds. The van der Waals surface area contributed by atoms with E-state index in [-0.39, 0.29) is 6.54 Å². The minimum atomic E-state index is -1.63. The number of carbonyl (C=O) groups is 2. The Kier molecular flexibility index (Phi) is 5.39. The lowest BCUT2D eigenvalue weighted by Crippen LogP contribution is -2.38. The minimum Gasteiger partial charge on any atom is -0.479 e. The Labute approximate surface area is 116 Å². The summed E-state index contributed by atoms with van der Waals surface area (Å²) in [6, 6.07) is 4.15. The van der Waals surface area contributed by atoms with Crippen LogP contribution in [0.5, 0.6) is 0 Å². The van der Waals surface area contributed by atoms with Crippen molar-refractivity contribution in [3.63, 3.8) is 0 Å². The van der Waals surface area contributed by atoms with Gasteiger partial charge in [0.15, 0.2) is 6.10 Å². The molecule has 0 unspecified atom stereocenters. The van der Waals surface area contributed by atoms with Crippen LogP contribution in [0.2, 0.25) is 5.02 Å². The lowest BCUT2D eigenvalue weighted by Gasteiger charge is -2.09. The molecule has 0 aliphatic carbocycles. The van der Waals surface area contributed by atoms with E-state index in [0.29, 0.717) is 15.2 Å². The standard InChI is InChI=1S/C10H10BrClN2O4/c11-6-3-5(1-2-7(6)12)14-10(18)13-4-8(15)9(16)17/h1-3,8,15H,4H2,(H,16,17)(H2,13,14,18)/t8-/m0/s1. The van der Waals surface area contributed by atoms with Crippen molar-refractivity contribution in [1.29, 1.82) is 0 Å². The van der Waals surface area contributed by atoms with Crippen LogP contribution in [0, 0.1) is 0 Å². The predicted octanol–water partition coefficient (Wildman–Crippen LogP) is 1.67. The molecule has 0 heterocycles. The highest BCUT2D eigenvalue weighted by atomic mass is 79.9. The van der Waals surface area contributed by atoms with E-state index in [1.165, 1.54) is 0 Å². The van der Waals surface area contributed by atoms with Gasteiger partial charge >= 0.3 is 12.0 Å². The van der Waals surface area contributed by atoms with Gasteiger partial charge in [-0.15, -0.1) is 0 Å². The summed E-state index contributed by atoms with van der Waals surface area (Å²) in [6.07, 6.45) is -1.63. The fourth-order valence-corrected chi connectivity index (χ4v) is 1.52. The van der Waals surface area contributed by atoms with Crippen molar-refractivity contribution in [2.45, 2.75) is 6.10 Å². The number of aliphatic hydroxyl groups is 1. The summed E-state index contributed by atoms with van der Waals surface area (Å²) in [4.78, 5) is 21.7. The number of hydrogen-bond donors (Lipinski definition) is 4. The summed E-state index contributed by atoms with van der Waals surface area (Å²) >= 11 is 8.98. The molecule has 18 heavy (non-hydrogen) atoms. The Balaban J connectivity index is 2.49. The van der Waals surface area contributed by atoms with Crippen LogP contribution in [0.3, 0.4) is 0 Å². The number of amides is 2. The smallest absolute Gasteiger partial charge is 0.334 e. The van der Waals surface area contributed by atoms with Gasteiger partial charge in [0.05, 0.1) is 11.6 Å². The molecule has 1 atom stereocenters. The average molecular weight is 338 g/mol. The Morgan fingerprint density at radius 1 is 1.44 bits per heavy atom. The van der Waals surface area contributed by atoms with Crippen molar-refractivity contribution < 1.29 is 19.8 Å². The molecule has 1 rings (SSSR count). The number of aliphatic hydroxyl groups excluding tert-OH is 1. The molecule has 0 aromatic heterocycles. The molecule has 0 aliphatic rings. The zero-order valence-electron chi connectivity index (χ0n) is 8.98. The molecule has 0 fully saturated rings. The van der Waals surface area contributed by atoms with Gasteiger partial charge in [-0.25, -0.2) is 9.59 Å². The van der Waals surface area contributed by atoms with E-state index < -0.39 is 18.1 Å². The monoisotopic (exact) mass is 336 g/mol. The molecule has 0 saturated carbocycles. The van der Waals surface area contributed by atoms with Gasteiger partial charge < -0.3 is 20.8 Å². The Hall–Kier alpha value is -1.31. The molecule has 98 valence electrons. The number of carboxylic acid groups (broad SMARTS) is 1. The number of urea groups is 1. The largest absolute Gasteiger partial charge is 0.479 e. The van der Waals surface area contributed by atoms with Gasteiger partial charge in [-0.05, 0) is 34.1 Å². The summed E-state index contributed by atoms with van der Waals surface area (Å²) < 4.78 is 0.618. The highest BCUT2D eigenvalue weighted by Crippen LogP contribution is 2.25.